The van der Waals surface area contributed by atoms with Crippen molar-refractivity contribution in [2.45, 2.75) is 20.8 Å². The topological polar surface area (TPSA) is 133 Å². The number of Topliss-reactive ketones (excluding diaryl/α,β-unsaturated/α-hetero) is 2. The highest BCUT2D eigenvalue weighted by molar-refractivity contribution is 7.19. The maximum absolute atomic E-state index is 12.4. The molecule has 28 heavy (non-hydrogen) atoms. The summed E-state index contributed by atoms with van der Waals surface area (Å²) in [5.74, 6) is -2.96. The fraction of sp³-hybridized carbons (Fsp3) is 0.222. The molecule has 0 atom stereocenters. The number of thiophene rings is 1. The van der Waals surface area contributed by atoms with Crippen molar-refractivity contribution in [3.8, 4) is 0 Å². The molecule has 1 heterocycles. The van der Waals surface area contributed by atoms with Gasteiger partial charge in [-0.3, -0.25) is 24.5 Å². The number of anilines is 1. The minimum atomic E-state index is -1.05. The molecule has 0 aliphatic carbocycles. The highest BCUT2D eigenvalue weighted by atomic mass is 32.1. The van der Waals surface area contributed by atoms with Crippen molar-refractivity contribution in [2.24, 2.45) is 0 Å². The Morgan fingerprint density at radius 2 is 1.79 bits per heavy atom. The predicted octanol–water partition coefficient (Wildman–Crippen LogP) is 3.17. The van der Waals surface area contributed by atoms with E-state index in [2.05, 4.69) is 5.32 Å². The summed E-state index contributed by atoms with van der Waals surface area (Å²) in [5, 5.41) is 13.3. The number of nitro benzene ring substituents is 1. The number of nitrogens with zero attached hydrogens (tertiary/aromatic N) is 1. The van der Waals surface area contributed by atoms with Crippen molar-refractivity contribution in [2.75, 3.05) is 11.9 Å². The number of non-ortho nitro benzene ring substituents is 1. The SMILES string of the molecule is CCOC(=O)C(=O)c1sc(NC(=O)c2ccc([N+](=O)[O-])cc2)c(C(C)=O)c1C. The molecule has 146 valence electrons. The summed E-state index contributed by atoms with van der Waals surface area (Å²) in [7, 11) is 0. The van der Waals surface area contributed by atoms with Crippen LogP contribution in [0.1, 0.15) is 49.8 Å². The molecule has 1 amide bonds. The van der Waals surface area contributed by atoms with Crippen LogP contribution in [0.3, 0.4) is 0 Å². The van der Waals surface area contributed by atoms with Crippen molar-refractivity contribution in [3.05, 3.63) is 55.9 Å². The van der Waals surface area contributed by atoms with Gasteiger partial charge in [-0.15, -0.1) is 11.3 Å². The van der Waals surface area contributed by atoms with Crippen LogP contribution in [0.2, 0.25) is 0 Å². The van der Waals surface area contributed by atoms with Crippen LogP contribution in [0, 0.1) is 17.0 Å². The largest absolute Gasteiger partial charge is 0.460 e. The number of rotatable bonds is 7. The van der Waals surface area contributed by atoms with Gasteiger partial charge < -0.3 is 10.1 Å². The fourth-order valence-corrected chi connectivity index (χ4v) is 3.62. The average Bonchev–Trinajstić information content (AvgIpc) is 2.97. The molecule has 1 N–H and O–H groups in total. The van der Waals surface area contributed by atoms with Crippen LogP contribution in [-0.2, 0) is 9.53 Å². The number of carbonyl (C=O) groups is 4. The van der Waals surface area contributed by atoms with E-state index in [0.29, 0.717) is 0 Å². The van der Waals surface area contributed by atoms with Gasteiger partial charge in [-0.25, -0.2) is 4.79 Å². The zero-order valence-electron chi connectivity index (χ0n) is 15.2. The van der Waals surface area contributed by atoms with Crippen LogP contribution in [0.4, 0.5) is 10.7 Å². The Bertz CT molecular complexity index is 977. The van der Waals surface area contributed by atoms with Crippen molar-refractivity contribution >= 4 is 45.5 Å². The second-order valence-electron chi connectivity index (χ2n) is 5.62. The highest BCUT2D eigenvalue weighted by Gasteiger charge is 2.28. The van der Waals surface area contributed by atoms with Gasteiger partial charge in [0.15, 0.2) is 5.78 Å². The fourth-order valence-electron chi connectivity index (χ4n) is 2.44. The van der Waals surface area contributed by atoms with Crippen LogP contribution < -0.4 is 5.32 Å². The third-order valence-corrected chi connectivity index (χ3v) is 4.94. The van der Waals surface area contributed by atoms with E-state index in [1.807, 2.05) is 0 Å². The molecule has 2 rings (SSSR count). The Balaban J connectivity index is 2.36. The molecular weight excluding hydrogens is 388 g/mol. The standard InChI is InChI=1S/C18H16N2O7S/c1-4-27-18(24)14(22)15-9(2)13(10(3)21)17(28-15)19-16(23)11-5-7-12(8-6-11)20(25)26/h5-8H,4H2,1-3H3,(H,19,23). The van der Waals surface area contributed by atoms with Crippen LogP contribution >= 0.6 is 11.3 Å². The molecular formula is C18H16N2O7S. The Morgan fingerprint density at radius 3 is 2.29 bits per heavy atom. The van der Waals surface area contributed by atoms with Crippen molar-refractivity contribution in [1.29, 1.82) is 0 Å². The van der Waals surface area contributed by atoms with E-state index >= 15 is 0 Å². The minimum Gasteiger partial charge on any atom is -0.460 e. The second kappa shape index (κ2) is 8.53. The van der Waals surface area contributed by atoms with Gasteiger partial charge in [0, 0.05) is 17.7 Å². The van der Waals surface area contributed by atoms with Gasteiger partial charge in [0.25, 0.3) is 17.4 Å². The van der Waals surface area contributed by atoms with Crippen molar-refractivity contribution in [3.63, 3.8) is 0 Å². The number of carbonyl (C=O) groups excluding carboxylic acids is 4. The van der Waals surface area contributed by atoms with E-state index in [-0.39, 0.29) is 38.9 Å². The van der Waals surface area contributed by atoms with Gasteiger partial charge in [-0.1, -0.05) is 0 Å². The molecule has 0 fully saturated rings. The first-order valence-electron chi connectivity index (χ1n) is 8.08. The predicted molar refractivity (Wildman–Crippen MR) is 101 cm³/mol. The number of ketones is 2. The molecule has 1 aromatic carbocycles. The number of esters is 1. The summed E-state index contributed by atoms with van der Waals surface area (Å²) in [5.41, 5.74) is 0.349. The van der Waals surface area contributed by atoms with E-state index in [1.165, 1.54) is 38.1 Å². The average molecular weight is 404 g/mol. The molecule has 10 heteroatoms. The van der Waals surface area contributed by atoms with E-state index in [1.54, 1.807) is 6.92 Å². The summed E-state index contributed by atoms with van der Waals surface area (Å²) >= 11 is 0.796. The first-order valence-corrected chi connectivity index (χ1v) is 8.90. The number of hydrogen-bond donors (Lipinski definition) is 1. The van der Waals surface area contributed by atoms with Crippen LogP contribution in [0.15, 0.2) is 24.3 Å². The van der Waals surface area contributed by atoms with Gasteiger partial charge in [0.2, 0.25) is 0 Å². The minimum absolute atomic E-state index is 0.00245. The summed E-state index contributed by atoms with van der Waals surface area (Å²) < 4.78 is 4.69. The van der Waals surface area contributed by atoms with E-state index in [9.17, 15) is 29.3 Å². The Morgan fingerprint density at radius 1 is 1.18 bits per heavy atom. The molecule has 2 aromatic rings. The van der Waals surface area contributed by atoms with Gasteiger partial charge in [0.1, 0.15) is 5.00 Å². The molecule has 0 saturated heterocycles. The lowest BCUT2D eigenvalue weighted by atomic mass is 10.1. The maximum Gasteiger partial charge on any atom is 0.380 e. The number of nitro groups is 1. The van der Waals surface area contributed by atoms with E-state index in [4.69, 9.17) is 4.74 Å². The lowest BCUT2D eigenvalue weighted by Gasteiger charge is -2.05. The van der Waals surface area contributed by atoms with Crippen LogP contribution in [-0.4, -0.2) is 35.0 Å². The number of benzene rings is 1. The van der Waals surface area contributed by atoms with Crippen molar-refractivity contribution < 1.29 is 28.8 Å². The first kappa shape index (κ1) is 20.9. The third kappa shape index (κ3) is 4.29. The molecule has 0 spiro atoms. The van der Waals surface area contributed by atoms with Gasteiger partial charge in [-0.2, -0.15) is 0 Å². The molecule has 0 aliphatic heterocycles. The van der Waals surface area contributed by atoms with Crippen molar-refractivity contribution in [1.82, 2.24) is 0 Å². The normalized spacial score (nSPS) is 10.2. The number of nitrogens with one attached hydrogen (secondary N) is 1. The van der Waals surface area contributed by atoms with Crippen LogP contribution in [0.5, 0.6) is 0 Å². The lowest BCUT2D eigenvalue weighted by Crippen LogP contribution is -2.17. The summed E-state index contributed by atoms with van der Waals surface area (Å²) in [6, 6.07) is 4.89. The number of ether oxygens (including phenoxy) is 1. The lowest BCUT2D eigenvalue weighted by molar-refractivity contribution is -0.384. The monoisotopic (exact) mass is 404 g/mol. The summed E-state index contributed by atoms with van der Waals surface area (Å²) in [6.07, 6.45) is 0. The number of hydrogen-bond acceptors (Lipinski definition) is 8. The molecule has 9 nitrogen and oxygen atoms in total. The summed E-state index contributed by atoms with van der Waals surface area (Å²) in [4.78, 5) is 58.5. The highest BCUT2D eigenvalue weighted by Crippen LogP contribution is 2.34. The smallest absolute Gasteiger partial charge is 0.380 e. The number of amides is 1. The van der Waals surface area contributed by atoms with Gasteiger partial charge >= 0.3 is 5.97 Å². The second-order valence-corrected chi connectivity index (χ2v) is 6.64. The Kier molecular flexibility index (Phi) is 6.37. The molecule has 1 aromatic heterocycles. The van der Waals surface area contributed by atoms with Gasteiger partial charge in [0.05, 0.1) is 22.0 Å². The first-order chi connectivity index (χ1) is 13.2. The Hall–Kier alpha value is -3.40. The third-order valence-electron chi connectivity index (χ3n) is 3.73. The molecule has 0 bridgehead atoms. The molecule has 0 aliphatic rings. The maximum atomic E-state index is 12.4. The van der Waals surface area contributed by atoms with E-state index in [0.717, 1.165) is 11.3 Å². The quantitative estimate of drug-likeness (QED) is 0.246. The molecule has 0 unspecified atom stereocenters. The van der Waals surface area contributed by atoms with Crippen LogP contribution in [0.25, 0.3) is 0 Å². The molecule has 0 radical (unpaired) electrons. The zero-order chi connectivity index (χ0) is 21.0. The molecule has 0 saturated carbocycles. The Labute approximate surface area is 163 Å². The zero-order valence-corrected chi connectivity index (χ0v) is 16.0. The van der Waals surface area contributed by atoms with E-state index < -0.39 is 28.4 Å². The van der Waals surface area contributed by atoms with Gasteiger partial charge in [-0.05, 0) is 38.5 Å². The summed E-state index contributed by atoms with van der Waals surface area (Å²) in [6.45, 7) is 4.36.